The molecule has 0 saturated heterocycles. The number of carbonyl (C=O) groups excluding carboxylic acids is 1. The van der Waals surface area contributed by atoms with E-state index in [-0.39, 0.29) is 12.3 Å². The van der Waals surface area contributed by atoms with E-state index in [2.05, 4.69) is 10.4 Å². The summed E-state index contributed by atoms with van der Waals surface area (Å²) < 4.78 is 6.66. The zero-order chi connectivity index (χ0) is 19.4. The number of nitrogens with zero attached hydrogens (tertiary/aromatic N) is 2. The molecule has 1 aromatic carbocycles. The van der Waals surface area contributed by atoms with E-state index >= 15 is 0 Å². The van der Waals surface area contributed by atoms with Gasteiger partial charge in [0.2, 0.25) is 0 Å². The van der Waals surface area contributed by atoms with Gasteiger partial charge < -0.3 is 15.2 Å². The minimum Gasteiger partial charge on any atom is -0.480 e. The van der Waals surface area contributed by atoms with Crippen LogP contribution in [0.4, 0.5) is 0 Å². The second kappa shape index (κ2) is 8.54. The number of carbonyl (C=O) groups is 2. The van der Waals surface area contributed by atoms with Crippen LogP contribution in [0.25, 0.3) is 5.69 Å². The van der Waals surface area contributed by atoms with E-state index in [9.17, 15) is 14.7 Å². The van der Waals surface area contributed by atoms with Crippen molar-refractivity contribution in [3.63, 3.8) is 0 Å². The molecule has 8 heteroatoms. The summed E-state index contributed by atoms with van der Waals surface area (Å²) in [5, 5.41) is 16.9. The quantitative estimate of drug-likeness (QED) is 0.738. The summed E-state index contributed by atoms with van der Waals surface area (Å²) in [6.45, 7) is -0.110. The molecule has 2 aromatic rings. The maximum atomic E-state index is 12.8. The predicted molar refractivity (Wildman–Crippen MR) is 101 cm³/mol. The van der Waals surface area contributed by atoms with Crippen LogP contribution in [0.3, 0.4) is 0 Å². The van der Waals surface area contributed by atoms with Gasteiger partial charge in [-0.3, -0.25) is 4.79 Å². The van der Waals surface area contributed by atoms with Gasteiger partial charge in [0.1, 0.15) is 0 Å². The fraction of sp³-hybridized carbons (Fsp3) is 0.421. The zero-order valence-electron chi connectivity index (χ0n) is 15.1. The second-order valence-electron chi connectivity index (χ2n) is 6.54. The van der Waals surface area contributed by atoms with Crippen molar-refractivity contribution in [2.45, 2.75) is 38.1 Å². The average Bonchev–Trinajstić information content (AvgIpc) is 2.83. The number of ether oxygens (including phenoxy) is 1. The Labute approximate surface area is 162 Å². The number of amides is 1. The molecular formula is C19H22ClN3O4. The molecule has 1 atom stereocenters. The third kappa shape index (κ3) is 4.31. The van der Waals surface area contributed by atoms with E-state index in [1.165, 1.54) is 7.11 Å². The van der Waals surface area contributed by atoms with Crippen molar-refractivity contribution in [1.29, 1.82) is 0 Å². The number of nitrogens with one attached hydrogen (secondary N) is 1. The van der Waals surface area contributed by atoms with Gasteiger partial charge in [0.25, 0.3) is 5.91 Å². The van der Waals surface area contributed by atoms with Crippen molar-refractivity contribution in [2.75, 3.05) is 13.7 Å². The zero-order valence-corrected chi connectivity index (χ0v) is 15.8. The number of carboxylic acid groups (broad SMARTS) is 1. The number of hydrogen-bond donors (Lipinski definition) is 2. The number of aliphatic carboxylic acids is 1. The molecule has 144 valence electrons. The monoisotopic (exact) mass is 391 g/mol. The molecule has 1 aliphatic rings. The molecule has 1 amide bonds. The normalized spacial score (nSPS) is 14.9. The van der Waals surface area contributed by atoms with Gasteiger partial charge in [0.05, 0.1) is 12.3 Å². The summed E-state index contributed by atoms with van der Waals surface area (Å²) in [6.07, 6.45) is 4.64. The Bertz CT molecular complexity index is 832. The van der Waals surface area contributed by atoms with Gasteiger partial charge in [0.15, 0.2) is 11.7 Å². The van der Waals surface area contributed by atoms with Gasteiger partial charge in [-0.05, 0) is 49.9 Å². The van der Waals surface area contributed by atoms with Crippen LogP contribution in [-0.4, -0.2) is 46.5 Å². The Morgan fingerprint density at radius 1 is 1.26 bits per heavy atom. The number of aromatic nitrogens is 2. The summed E-state index contributed by atoms with van der Waals surface area (Å²) in [7, 11) is 1.39. The number of carboxylic acids is 1. The van der Waals surface area contributed by atoms with Crippen molar-refractivity contribution in [3.8, 4) is 5.69 Å². The van der Waals surface area contributed by atoms with E-state index in [0.717, 1.165) is 49.0 Å². The lowest BCUT2D eigenvalue weighted by Gasteiger charge is -2.13. The van der Waals surface area contributed by atoms with Crippen molar-refractivity contribution < 1.29 is 19.4 Å². The molecule has 0 aliphatic heterocycles. The molecule has 3 rings (SSSR count). The van der Waals surface area contributed by atoms with Gasteiger partial charge in [-0.1, -0.05) is 18.0 Å². The lowest BCUT2D eigenvalue weighted by Crippen LogP contribution is -2.44. The average molecular weight is 392 g/mol. The summed E-state index contributed by atoms with van der Waals surface area (Å²) >= 11 is 5.98. The number of halogens is 1. The van der Waals surface area contributed by atoms with Crippen LogP contribution in [0.15, 0.2) is 24.3 Å². The van der Waals surface area contributed by atoms with Crippen molar-refractivity contribution in [1.82, 2.24) is 15.1 Å². The van der Waals surface area contributed by atoms with Gasteiger partial charge in [0, 0.05) is 23.4 Å². The van der Waals surface area contributed by atoms with Gasteiger partial charge in [-0.25, -0.2) is 9.48 Å². The van der Waals surface area contributed by atoms with Crippen LogP contribution in [-0.2, 0) is 22.4 Å². The topological polar surface area (TPSA) is 93.5 Å². The first-order chi connectivity index (χ1) is 13.0. The summed E-state index contributed by atoms with van der Waals surface area (Å²) in [6, 6.07) is 6.14. The van der Waals surface area contributed by atoms with E-state index in [1.807, 2.05) is 12.1 Å². The Morgan fingerprint density at radius 2 is 1.96 bits per heavy atom. The summed E-state index contributed by atoms with van der Waals surface area (Å²) in [5.74, 6) is -1.64. The highest BCUT2D eigenvalue weighted by Crippen LogP contribution is 2.27. The fourth-order valence-corrected chi connectivity index (χ4v) is 3.45. The second-order valence-corrected chi connectivity index (χ2v) is 6.98. The van der Waals surface area contributed by atoms with Gasteiger partial charge in [-0.2, -0.15) is 5.10 Å². The highest BCUT2D eigenvalue weighted by atomic mass is 35.5. The number of benzene rings is 1. The highest BCUT2D eigenvalue weighted by Gasteiger charge is 2.28. The van der Waals surface area contributed by atoms with Crippen LogP contribution in [0, 0.1) is 0 Å². The van der Waals surface area contributed by atoms with E-state index in [0.29, 0.717) is 5.02 Å². The van der Waals surface area contributed by atoms with E-state index in [4.69, 9.17) is 16.3 Å². The molecule has 7 nitrogen and oxygen atoms in total. The van der Waals surface area contributed by atoms with Gasteiger partial charge >= 0.3 is 5.97 Å². The Hall–Kier alpha value is -2.38. The molecule has 0 saturated carbocycles. The molecule has 0 spiro atoms. The largest absolute Gasteiger partial charge is 0.480 e. The number of fused-ring (bicyclic) bond motifs is 1. The molecular weight excluding hydrogens is 370 g/mol. The summed E-state index contributed by atoms with van der Waals surface area (Å²) in [4.78, 5) is 24.1. The van der Waals surface area contributed by atoms with Crippen molar-refractivity contribution in [2.24, 2.45) is 0 Å². The SMILES string of the molecule is COCC(NC(=O)c1nn(-c2ccc(Cl)cc2)c2c1CCCCC2)C(=O)O. The van der Waals surface area contributed by atoms with E-state index < -0.39 is 17.9 Å². The molecule has 1 aliphatic carbocycles. The van der Waals surface area contributed by atoms with Crippen LogP contribution in [0.5, 0.6) is 0 Å². The first kappa shape index (κ1) is 19.4. The molecule has 1 unspecified atom stereocenters. The molecule has 2 N–H and O–H groups in total. The number of methoxy groups -OCH3 is 1. The van der Waals surface area contributed by atoms with Gasteiger partial charge in [-0.15, -0.1) is 0 Å². The number of rotatable bonds is 6. The Kier molecular flexibility index (Phi) is 6.13. The minimum atomic E-state index is -1.14. The van der Waals surface area contributed by atoms with Crippen LogP contribution >= 0.6 is 11.6 Å². The highest BCUT2D eigenvalue weighted by molar-refractivity contribution is 6.30. The lowest BCUT2D eigenvalue weighted by atomic mass is 10.1. The first-order valence-electron chi connectivity index (χ1n) is 8.90. The standard InChI is InChI=1S/C19H22ClN3O4/c1-27-11-15(19(25)26)21-18(24)17-14-5-3-2-4-6-16(14)23(22-17)13-9-7-12(20)8-10-13/h7-10,15H,2-6,11H2,1H3,(H,21,24)(H,25,26). The molecule has 0 fully saturated rings. The molecule has 27 heavy (non-hydrogen) atoms. The maximum Gasteiger partial charge on any atom is 0.328 e. The molecule has 1 heterocycles. The van der Waals surface area contributed by atoms with Crippen LogP contribution in [0.2, 0.25) is 5.02 Å². The van der Waals surface area contributed by atoms with Crippen molar-refractivity contribution >= 4 is 23.5 Å². The van der Waals surface area contributed by atoms with Crippen LogP contribution in [0.1, 0.15) is 41.0 Å². The Balaban J connectivity index is 1.98. The number of hydrogen-bond acceptors (Lipinski definition) is 4. The maximum absolute atomic E-state index is 12.8. The predicted octanol–water partition coefficient (Wildman–Crippen LogP) is 2.62. The third-order valence-corrected chi connectivity index (χ3v) is 4.91. The smallest absolute Gasteiger partial charge is 0.328 e. The molecule has 1 aromatic heterocycles. The minimum absolute atomic E-state index is 0.110. The summed E-state index contributed by atoms with van der Waals surface area (Å²) in [5.41, 5.74) is 2.99. The van der Waals surface area contributed by atoms with E-state index in [1.54, 1.807) is 16.8 Å². The Morgan fingerprint density at radius 3 is 2.63 bits per heavy atom. The fourth-order valence-electron chi connectivity index (χ4n) is 3.32. The van der Waals surface area contributed by atoms with Crippen molar-refractivity contribution in [3.05, 3.63) is 46.2 Å². The lowest BCUT2D eigenvalue weighted by molar-refractivity contribution is -0.140. The third-order valence-electron chi connectivity index (χ3n) is 4.65. The van der Waals surface area contributed by atoms with Crippen LogP contribution < -0.4 is 5.32 Å². The molecule has 0 radical (unpaired) electrons. The molecule has 0 bridgehead atoms. The first-order valence-corrected chi connectivity index (χ1v) is 9.28.